The Bertz CT molecular complexity index is 377. The number of ketones is 1. The molecule has 0 radical (unpaired) electrons. The fourth-order valence-electron chi connectivity index (χ4n) is 0.740. The van der Waals surface area contributed by atoms with Crippen molar-refractivity contribution < 1.29 is 4.79 Å². The average molecular weight is 231 g/mol. The molecule has 0 aliphatic heterocycles. The van der Waals surface area contributed by atoms with Crippen molar-refractivity contribution in [3.63, 3.8) is 0 Å². The molecular weight excluding hydrogens is 223 g/mol. The van der Waals surface area contributed by atoms with E-state index in [1.165, 1.54) is 6.92 Å². The van der Waals surface area contributed by atoms with Crippen LogP contribution in [0.1, 0.15) is 6.92 Å². The molecule has 0 heterocycles. The number of hydrogen-bond acceptors (Lipinski definition) is 3. The van der Waals surface area contributed by atoms with Crippen LogP contribution >= 0.6 is 23.2 Å². The number of hydrazone groups is 1. The molecule has 0 saturated heterocycles. The second kappa shape index (κ2) is 4.98. The lowest BCUT2D eigenvalue weighted by molar-refractivity contribution is -0.110. The van der Waals surface area contributed by atoms with Crippen LogP contribution in [-0.2, 0) is 4.79 Å². The van der Waals surface area contributed by atoms with E-state index in [2.05, 4.69) is 10.5 Å². The van der Waals surface area contributed by atoms with Crippen molar-refractivity contribution in [2.24, 2.45) is 5.10 Å². The number of carbonyl (C=O) groups is 1. The molecule has 1 aromatic carbocycles. The van der Waals surface area contributed by atoms with E-state index in [4.69, 9.17) is 23.2 Å². The van der Waals surface area contributed by atoms with Crippen molar-refractivity contribution in [1.29, 1.82) is 0 Å². The van der Waals surface area contributed by atoms with Crippen LogP contribution in [0.25, 0.3) is 0 Å². The van der Waals surface area contributed by atoms with E-state index in [9.17, 15) is 4.79 Å². The number of halogens is 2. The third kappa shape index (κ3) is 3.01. The lowest BCUT2D eigenvalue weighted by atomic mass is 10.3. The molecule has 0 bridgehead atoms. The first-order valence-electron chi connectivity index (χ1n) is 3.86. The summed E-state index contributed by atoms with van der Waals surface area (Å²) in [7, 11) is 0. The second-order valence-corrected chi connectivity index (χ2v) is 3.32. The van der Waals surface area contributed by atoms with Gasteiger partial charge >= 0.3 is 0 Å². The summed E-state index contributed by atoms with van der Waals surface area (Å²) in [6, 6.07) is 7.03. The third-order valence-electron chi connectivity index (χ3n) is 1.44. The van der Waals surface area contributed by atoms with Crippen molar-refractivity contribution >= 4 is 39.8 Å². The van der Waals surface area contributed by atoms with Gasteiger partial charge in [-0.1, -0.05) is 35.3 Å². The van der Waals surface area contributed by atoms with Gasteiger partial charge in [0.05, 0.1) is 10.7 Å². The first-order chi connectivity index (χ1) is 6.61. The number of carbonyl (C=O) groups excluding carboxylic acids is 1. The zero-order valence-electron chi connectivity index (χ0n) is 7.42. The van der Waals surface area contributed by atoms with E-state index in [1.807, 2.05) is 0 Å². The quantitative estimate of drug-likeness (QED) is 0.641. The molecule has 3 nitrogen and oxygen atoms in total. The predicted molar refractivity (Wildman–Crippen MR) is 59.0 cm³/mol. The summed E-state index contributed by atoms with van der Waals surface area (Å²) in [6.45, 7) is 1.33. The van der Waals surface area contributed by atoms with Gasteiger partial charge in [0.1, 0.15) is 0 Å². The van der Waals surface area contributed by atoms with Gasteiger partial charge in [-0.3, -0.25) is 10.2 Å². The molecule has 0 amide bonds. The molecule has 14 heavy (non-hydrogen) atoms. The summed E-state index contributed by atoms with van der Waals surface area (Å²) in [5.74, 6) is -0.300. The van der Waals surface area contributed by atoms with Crippen molar-refractivity contribution in [2.75, 3.05) is 5.43 Å². The maximum atomic E-state index is 10.7. The van der Waals surface area contributed by atoms with Gasteiger partial charge in [-0.15, -0.1) is 0 Å². The number of benzene rings is 1. The zero-order chi connectivity index (χ0) is 10.6. The van der Waals surface area contributed by atoms with Crippen LogP contribution in [-0.4, -0.2) is 11.0 Å². The SMILES string of the molecule is CC(=O)C(Cl)=NNc1ccccc1Cl. The van der Waals surface area contributed by atoms with Gasteiger partial charge in [0.15, 0.2) is 11.0 Å². The minimum atomic E-state index is -0.300. The summed E-state index contributed by atoms with van der Waals surface area (Å²) in [6.07, 6.45) is 0. The van der Waals surface area contributed by atoms with Crippen molar-refractivity contribution in [2.45, 2.75) is 6.92 Å². The molecule has 0 aliphatic rings. The first kappa shape index (κ1) is 11.0. The van der Waals surface area contributed by atoms with Gasteiger partial charge < -0.3 is 0 Å². The van der Waals surface area contributed by atoms with Gasteiger partial charge in [0.2, 0.25) is 0 Å². The number of Topliss-reactive ketones (excluding diaryl/α,β-unsaturated/α-hetero) is 1. The number of hydrogen-bond donors (Lipinski definition) is 1. The van der Waals surface area contributed by atoms with E-state index in [-0.39, 0.29) is 11.0 Å². The van der Waals surface area contributed by atoms with Crippen molar-refractivity contribution in [1.82, 2.24) is 0 Å². The molecule has 0 spiro atoms. The fraction of sp³-hybridized carbons (Fsp3) is 0.111. The lowest BCUT2D eigenvalue weighted by Crippen LogP contribution is -2.04. The van der Waals surface area contributed by atoms with E-state index >= 15 is 0 Å². The van der Waals surface area contributed by atoms with Crippen LogP contribution in [0, 0.1) is 0 Å². The van der Waals surface area contributed by atoms with Gasteiger partial charge in [-0.05, 0) is 12.1 Å². The highest BCUT2D eigenvalue weighted by Gasteiger charge is 2.01. The van der Waals surface area contributed by atoms with Gasteiger partial charge in [-0.2, -0.15) is 5.10 Å². The number of para-hydroxylation sites is 1. The van der Waals surface area contributed by atoms with Gasteiger partial charge in [-0.25, -0.2) is 0 Å². The molecular formula is C9H8Cl2N2O. The smallest absolute Gasteiger partial charge is 0.191 e. The van der Waals surface area contributed by atoms with Gasteiger partial charge in [0, 0.05) is 6.92 Å². The van der Waals surface area contributed by atoms with Crippen LogP contribution in [0.5, 0.6) is 0 Å². The molecule has 0 unspecified atom stereocenters. The van der Waals surface area contributed by atoms with Crippen LogP contribution in [0.2, 0.25) is 5.02 Å². The second-order valence-electron chi connectivity index (χ2n) is 2.55. The average Bonchev–Trinajstić information content (AvgIpc) is 2.16. The Morgan fingerprint density at radius 3 is 2.64 bits per heavy atom. The lowest BCUT2D eigenvalue weighted by Gasteiger charge is -2.01. The molecule has 74 valence electrons. The summed E-state index contributed by atoms with van der Waals surface area (Å²) in [4.78, 5) is 10.7. The molecule has 0 aromatic heterocycles. The maximum absolute atomic E-state index is 10.7. The standard InChI is InChI=1S/C9H8Cl2N2O/c1-6(14)9(11)13-12-8-5-3-2-4-7(8)10/h2-5,12H,1H3. The molecule has 0 fully saturated rings. The van der Waals surface area contributed by atoms with E-state index in [0.29, 0.717) is 10.7 Å². The summed E-state index contributed by atoms with van der Waals surface area (Å²) >= 11 is 11.3. The number of rotatable bonds is 3. The first-order valence-corrected chi connectivity index (χ1v) is 4.61. The minimum absolute atomic E-state index is 0.107. The normalized spacial score (nSPS) is 11.2. The Kier molecular flexibility index (Phi) is 3.92. The maximum Gasteiger partial charge on any atom is 0.191 e. The zero-order valence-corrected chi connectivity index (χ0v) is 8.93. The molecule has 0 saturated carbocycles. The van der Waals surface area contributed by atoms with Crippen LogP contribution in [0.15, 0.2) is 29.4 Å². The number of nitrogens with zero attached hydrogens (tertiary/aromatic N) is 1. The molecule has 1 aromatic rings. The highest BCUT2D eigenvalue weighted by atomic mass is 35.5. The molecule has 1 rings (SSSR count). The number of nitrogens with one attached hydrogen (secondary N) is 1. The van der Waals surface area contributed by atoms with Crippen molar-refractivity contribution in [3.05, 3.63) is 29.3 Å². The Hall–Kier alpha value is -1.06. The van der Waals surface area contributed by atoms with Gasteiger partial charge in [0.25, 0.3) is 0 Å². The monoisotopic (exact) mass is 230 g/mol. The Morgan fingerprint density at radius 2 is 2.07 bits per heavy atom. The largest absolute Gasteiger partial charge is 0.292 e. The minimum Gasteiger partial charge on any atom is -0.292 e. The topological polar surface area (TPSA) is 41.5 Å². The van der Waals surface area contributed by atoms with E-state index in [0.717, 1.165) is 0 Å². The Labute approximate surface area is 91.7 Å². The molecule has 0 atom stereocenters. The van der Waals surface area contributed by atoms with E-state index in [1.54, 1.807) is 24.3 Å². The molecule has 5 heteroatoms. The van der Waals surface area contributed by atoms with Crippen LogP contribution in [0.3, 0.4) is 0 Å². The highest BCUT2D eigenvalue weighted by Crippen LogP contribution is 2.20. The van der Waals surface area contributed by atoms with E-state index < -0.39 is 0 Å². The highest BCUT2D eigenvalue weighted by molar-refractivity contribution is 6.82. The van der Waals surface area contributed by atoms with Crippen molar-refractivity contribution in [3.8, 4) is 0 Å². The predicted octanol–water partition coefficient (Wildman–Crippen LogP) is 2.89. The Balaban J connectivity index is 2.76. The molecule has 1 N–H and O–H groups in total. The van der Waals surface area contributed by atoms with Crippen LogP contribution < -0.4 is 5.43 Å². The third-order valence-corrected chi connectivity index (χ3v) is 2.12. The summed E-state index contributed by atoms with van der Waals surface area (Å²) in [5, 5.41) is 4.06. The van der Waals surface area contributed by atoms with Crippen LogP contribution in [0.4, 0.5) is 5.69 Å². The summed E-state index contributed by atoms with van der Waals surface area (Å²) < 4.78 is 0. The number of anilines is 1. The molecule has 0 aliphatic carbocycles. The Morgan fingerprint density at radius 1 is 1.43 bits per heavy atom. The fourth-order valence-corrected chi connectivity index (χ4v) is 0.960. The summed E-state index contributed by atoms with van der Waals surface area (Å²) in [5.41, 5.74) is 3.20.